The summed E-state index contributed by atoms with van der Waals surface area (Å²) in [6.07, 6.45) is 0. The fourth-order valence-corrected chi connectivity index (χ4v) is 3.32. The summed E-state index contributed by atoms with van der Waals surface area (Å²) in [5.74, 6) is -0.781. The summed E-state index contributed by atoms with van der Waals surface area (Å²) in [7, 11) is 0. The van der Waals surface area contributed by atoms with Crippen LogP contribution in [0.4, 0.5) is 4.39 Å². The van der Waals surface area contributed by atoms with Gasteiger partial charge in [0.1, 0.15) is 12.4 Å². The molecule has 2 heterocycles. The van der Waals surface area contributed by atoms with E-state index in [0.29, 0.717) is 17.0 Å². The van der Waals surface area contributed by atoms with E-state index >= 15 is 0 Å². The second-order valence-electron chi connectivity index (χ2n) is 7.72. The minimum absolute atomic E-state index is 0.130. The Morgan fingerprint density at radius 1 is 0.794 bits per heavy atom. The first-order valence-electron chi connectivity index (χ1n) is 10.6. The van der Waals surface area contributed by atoms with Crippen LogP contribution < -0.4 is 16.4 Å². The lowest BCUT2D eigenvalue weighted by molar-refractivity contribution is -0.121. The maximum absolute atomic E-state index is 13.2. The Morgan fingerprint density at radius 3 is 1.94 bits per heavy atom. The zero-order chi connectivity index (χ0) is 24.1. The predicted octanol–water partition coefficient (Wildman–Crippen LogP) is 2.40. The minimum atomic E-state index is -0.418. The summed E-state index contributed by atoms with van der Waals surface area (Å²) in [6.45, 7) is 1.98. The van der Waals surface area contributed by atoms with Crippen LogP contribution in [-0.2, 0) is 17.9 Å². The van der Waals surface area contributed by atoms with Crippen molar-refractivity contribution in [2.45, 2.75) is 20.0 Å². The van der Waals surface area contributed by atoms with Crippen molar-refractivity contribution in [1.82, 2.24) is 24.9 Å². The summed E-state index contributed by atoms with van der Waals surface area (Å²) in [4.78, 5) is 36.7. The van der Waals surface area contributed by atoms with Crippen LogP contribution in [0.3, 0.4) is 0 Å². The Balaban J connectivity index is 1.39. The molecule has 34 heavy (non-hydrogen) atoms. The van der Waals surface area contributed by atoms with Crippen molar-refractivity contribution in [1.29, 1.82) is 0 Å². The molecule has 4 aromatic rings. The SMILES string of the molecule is Cc1ccc(-c2ccc(=O)n(CC(=O)NCCn3nc(-c4ccc(F)cc4)ccc3=O)n2)cc1. The van der Waals surface area contributed by atoms with Gasteiger partial charge in [-0.25, -0.2) is 13.8 Å². The van der Waals surface area contributed by atoms with Gasteiger partial charge in [0.05, 0.1) is 17.9 Å². The number of hydrogen-bond acceptors (Lipinski definition) is 5. The number of amides is 1. The molecule has 0 atom stereocenters. The van der Waals surface area contributed by atoms with Crippen LogP contribution in [0.1, 0.15) is 5.56 Å². The Labute approximate surface area is 194 Å². The van der Waals surface area contributed by atoms with E-state index in [9.17, 15) is 18.8 Å². The van der Waals surface area contributed by atoms with Gasteiger partial charge in [0.15, 0.2) is 0 Å². The van der Waals surface area contributed by atoms with E-state index in [1.165, 1.54) is 28.9 Å². The topological polar surface area (TPSA) is 98.9 Å². The van der Waals surface area contributed by atoms with Crippen LogP contribution in [0.5, 0.6) is 0 Å². The lowest BCUT2D eigenvalue weighted by atomic mass is 10.1. The highest BCUT2D eigenvalue weighted by Gasteiger charge is 2.09. The van der Waals surface area contributed by atoms with Crippen molar-refractivity contribution in [3.05, 3.63) is 105 Å². The van der Waals surface area contributed by atoms with Gasteiger partial charge in [-0.2, -0.15) is 10.2 Å². The highest BCUT2D eigenvalue weighted by molar-refractivity contribution is 5.75. The van der Waals surface area contributed by atoms with Gasteiger partial charge >= 0.3 is 0 Å². The molecule has 8 nitrogen and oxygen atoms in total. The van der Waals surface area contributed by atoms with E-state index in [1.54, 1.807) is 24.3 Å². The van der Waals surface area contributed by atoms with Crippen LogP contribution in [-0.4, -0.2) is 32.0 Å². The number of hydrogen-bond donors (Lipinski definition) is 1. The Bertz CT molecular complexity index is 1430. The third-order valence-electron chi connectivity index (χ3n) is 5.16. The van der Waals surface area contributed by atoms with Gasteiger partial charge < -0.3 is 5.32 Å². The molecule has 2 aromatic carbocycles. The van der Waals surface area contributed by atoms with Crippen molar-refractivity contribution in [2.75, 3.05) is 6.54 Å². The minimum Gasteiger partial charge on any atom is -0.353 e. The molecule has 0 radical (unpaired) electrons. The molecule has 2 aromatic heterocycles. The number of carbonyl (C=O) groups excluding carboxylic acids is 1. The van der Waals surface area contributed by atoms with Gasteiger partial charge in [-0.3, -0.25) is 14.4 Å². The van der Waals surface area contributed by atoms with Crippen LogP contribution in [0, 0.1) is 12.7 Å². The van der Waals surface area contributed by atoms with E-state index in [1.807, 2.05) is 31.2 Å². The predicted molar refractivity (Wildman–Crippen MR) is 126 cm³/mol. The number of nitrogens with one attached hydrogen (secondary N) is 1. The lowest BCUT2D eigenvalue weighted by Crippen LogP contribution is -2.36. The van der Waals surface area contributed by atoms with Gasteiger partial charge in [-0.15, -0.1) is 0 Å². The average Bonchev–Trinajstić information content (AvgIpc) is 2.83. The van der Waals surface area contributed by atoms with Crippen molar-refractivity contribution < 1.29 is 9.18 Å². The number of aryl methyl sites for hydroxylation is 1. The van der Waals surface area contributed by atoms with Crippen LogP contribution in [0.2, 0.25) is 0 Å². The highest BCUT2D eigenvalue weighted by Crippen LogP contribution is 2.16. The van der Waals surface area contributed by atoms with Gasteiger partial charge in [0, 0.05) is 29.8 Å². The fraction of sp³-hybridized carbons (Fsp3) is 0.160. The average molecular weight is 459 g/mol. The molecule has 0 spiro atoms. The van der Waals surface area contributed by atoms with Gasteiger partial charge in [-0.05, 0) is 43.3 Å². The summed E-state index contributed by atoms with van der Waals surface area (Å²) in [5.41, 5.74) is 2.98. The van der Waals surface area contributed by atoms with E-state index < -0.39 is 11.5 Å². The third-order valence-corrected chi connectivity index (χ3v) is 5.16. The van der Waals surface area contributed by atoms with Gasteiger partial charge in [-0.1, -0.05) is 29.8 Å². The normalized spacial score (nSPS) is 10.8. The number of nitrogens with zero attached hydrogens (tertiary/aromatic N) is 4. The highest BCUT2D eigenvalue weighted by atomic mass is 19.1. The molecule has 0 fully saturated rings. The standard InChI is InChI=1S/C25H22FN5O3/c1-17-2-4-18(5-3-17)22-11-13-25(34)31(29-22)16-23(32)27-14-15-30-24(33)12-10-21(28-30)19-6-8-20(26)9-7-19/h2-13H,14-16H2,1H3,(H,27,32). The van der Waals surface area contributed by atoms with Crippen molar-refractivity contribution >= 4 is 5.91 Å². The molecule has 0 unspecified atom stereocenters. The summed E-state index contributed by atoms with van der Waals surface area (Å²) in [6, 6.07) is 19.4. The van der Waals surface area contributed by atoms with Crippen molar-refractivity contribution in [3.8, 4) is 22.5 Å². The number of carbonyl (C=O) groups is 1. The smallest absolute Gasteiger partial charge is 0.267 e. The Kier molecular flexibility index (Phi) is 6.72. The summed E-state index contributed by atoms with van der Waals surface area (Å²) < 4.78 is 15.5. The second-order valence-corrected chi connectivity index (χ2v) is 7.72. The molecule has 0 saturated heterocycles. The largest absolute Gasteiger partial charge is 0.353 e. The molecule has 0 aliphatic rings. The first-order chi connectivity index (χ1) is 16.4. The fourth-order valence-electron chi connectivity index (χ4n) is 3.32. The molecule has 0 bridgehead atoms. The molecule has 1 amide bonds. The molecular formula is C25H22FN5O3. The van der Waals surface area contributed by atoms with Crippen LogP contribution >= 0.6 is 0 Å². The van der Waals surface area contributed by atoms with Crippen LogP contribution in [0.15, 0.2) is 82.4 Å². The monoisotopic (exact) mass is 459 g/mol. The zero-order valence-electron chi connectivity index (χ0n) is 18.4. The molecule has 9 heteroatoms. The maximum Gasteiger partial charge on any atom is 0.267 e. The van der Waals surface area contributed by atoms with E-state index in [2.05, 4.69) is 15.5 Å². The third kappa shape index (κ3) is 5.50. The van der Waals surface area contributed by atoms with Crippen LogP contribution in [0.25, 0.3) is 22.5 Å². The Hall–Kier alpha value is -4.40. The number of halogens is 1. The van der Waals surface area contributed by atoms with Crippen molar-refractivity contribution in [2.24, 2.45) is 0 Å². The summed E-state index contributed by atoms with van der Waals surface area (Å²) in [5, 5.41) is 11.3. The molecule has 1 N–H and O–H groups in total. The van der Waals surface area contributed by atoms with Gasteiger partial charge in [0.25, 0.3) is 11.1 Å². The van der Waals surface area contributed by atoms with E-state index in [-0.39, 0.29) is 31.0 Å². The van der Waals surface area contributed by atoms with E-state index in [0.717, 1.165) is 15.8 Å². The molecule has 0 aliphatic heterocycles. The van der Waals surface area contributed by atoms with E-state index in [4.69, 9.17) is 0 Å². The first-order valence-corrected chi connectivity index (χ1v) is 10.6. The molecule has 172 valence electrons. The molecule has 0 saturated carbocycles. The number of rotatable bonds is 7. The van der Waals surface area contributed by atoms with Crippen molar-refractivity contribution in [3.63, 3.8) is 0 Å². The molecule has 4 rings (SSSR count). The maximum atomic E-state index is 13.2. The zero-order valence-corrected chi connectivity index (χ0v) is 18.4. The quantitative estimate of drug-likeness (QED) is 0.458. The first kappa shape index (κ1) is 22.8. The summed E-state index contributed by atoms with van der Waals surface area (Å²) >= 11 is 0. The lowest BCUT2D eigenvalue weighted by Gasteiger charge is -2.10. The van der Waals surface area contributed by atoms with Gasteiger partial charge in [0.2, 0.25) is 5.91 Å². The molecule has 0 aliphatic carbocycles. The number of aromatic nitrogens is 4. The molecular weight excluding hydrogens is 437 g/mol. The second kappa shape index (κ2) is 10.0. The number of benzene rings is 2. The Morgan fingerprint density at radius 2 is 1.32 bits per heavy atom.